The van der Waals surface area contributed by atoms with Gasteiger partial charge in [-0.1, -0.05) is 190 Å². The van der Waals surface area contributed by atoms with Crippen LogP contribution in [0.5, 0.6) is 0 Å². The summed E-state index contributed by atoms with van der Waals surface area (Å²) in [5.41, 5.74) is 0. The van der Waals surface area contributed by atoms with Crippen LogP contribution in [0.3, 0.4) is 0 Å². The molecule has 0 heterocycles. The van der Waals surface area contributed by atoms with Crippen molar-refractivity contribution in [1.29, 1.82) is 0 Å². The Morgan fingerprint density at radius 1 is 0.533 bits per heavy atom. The molecule has 0 fully saturated rings. The summed E-state index contributed by atoms with van der Waals surface area (Å²) in [5, 5.41) is 0. The Hall–Kier alpha value is -2.29. The van der Waals surface area contributed by atoms with E-state index in [9.17, 15) is 19.0 Å². The van der Waals surface area contributed by atoms with Crippen molar-refractivity contribution < 1.29 is 42.1 Å². The summed E-state index contributed by atoms with van der Waals surface area (Å²) in [7, 11) is 1.13. The SMILES string of the molecule is CC/C=C\C/C=C\C/C=C\C/C=C\C/C=C\CCCC(=O)OC[C@H](COP(=O)([O-])OCC[N+](C)(C)C)OC(=O)CCCCCCCCCCCCCCCCCCCCC. The Balaban J connectivity index is 4.37. The first-order valence-electron chi connectivity index (χ1n) is 24.0. The van der Waals surface area contributed by atoms with E-state index in [2.05, 4.69) is 74.6 Å². The number of phosphoric ester groups is 1. The number of carbonyl (C=O) groups excluding carboxylic acids is 2. The van der Waals surface area contributed by atoms with Crippen molar-refractivity contribution in [2.24, 2.45) is 0 Å². The largest absolute Gasteiger partial charge is 0.756 e. The molecule has 0 aliphatic heterocycles. The zero-order valence-electron chi connectivity index (χ0n) is 39.1. The lowest BCUT2D eigenvalue weighted by Gasteiger charge is -2.28. The van der Waals surface area contributed by atoms with Crippen molar-refractivity contribution in [2.75, 3.05) is 47.5 Å². The monoisotopic (exact) mass is 864 g/mol. The van der Waals surface area contributed by atoms with E-state index in [1.165, 1.54) is 96.3 Å². The van der Waals surface area contributed by atoms with Crippen LogP contribution in [0, 0.1) is 0 Å². The predicted octanol–water partition coefficient (Wildman–Crippen LogP) is 13.4. The highest BCUT2D eigenvalue weighted by atomic mass is 31.2. The molecule has 0 N–H and O–H groups in total. The molecule has 2 atom stereocenters. The van der Waals surface area contributed by atoms with E-state index in [1.807, 2.05) is 21.1 Å². The maximum Gasteiger partial charge on any atom is 0.306 e. The molecule has 0 aromatic rings. The lowest BCUT2D eigenvalue weighted by Crippen LogP contribution is -2.37. The first kappa shape index (κ1) is 57.7. The van der Waals surface area contributed by atoms with E-state index in [0.29, 0.717) is 23.9 Å². The number of nitrogens with zero attached hydrogens (tertiary/aromatic N) is 1. The third-order valence-corrected chi connectivity index (χ3v) is 11.0. The minimum Gasteiger partial charge on any atom is -0.756 e. The number of esters is 2. The Labute approximate surface area is 368 Å². The summed E-state index contributed by atoms with van der Waals surface area (Å²) >= 11 is 0. The molecular formula is C50H90NO8P. The van der Waals surface area contributed by atoms with Crippen LogP contribution in [0.4, 0.5) is 0 Å². The minimum atomic E-state index is -4.64. The minimum absolute atomic E-state index is 0.0407. The van der Waals surface area contributed by atoms with Crippen LogP contribution in [0.2, 0.25) is 0 Å². The van der Waals surface area contributed by atoms with Crippen molar-refractivity contribution in [3.63, 3.8) is 0 Å². The van der Waals surface area contributed by atoms with Gasteiger partial charge in [0.05, 0.1) is 27.7 Å². The zero-order valence-corrected chi connectivity index (χ0v) is 40.0. The van der Waals surface area contributed by atoms with Gasteiger partial charge in [0.2, 0.25) is 0 Å². The first-order valence-corrected chi connectivity index (χ1v) is 25.5. The topological polar surface area (TPSA) is 111 Å². The van der Waals surface area contributed by atoms with E-state index in [-0.39, 0.29) is 26.1 Å². The molecule has 0 aliphatic carbocycles. The second kappa shape index (κ2) is 42.0. The Kier molecular flexibility index (Phi) is 40.4. The van der Waals surface area contributed by atoms with Gasteiger partial charge in [-0.05, 0) is 51.4 Å². The van der Waals surface area contributed by atoms with Crippen molar-refractivity contribution in [3.05, 3.63) is 60.8 Å². The molecule has 0 saturated heterocycles. The van der Waals surface area contributed by atoms with E-state index in [4.69, 9.17) is 18.5 Å². The number of carbonyl (C=O) groups is 2. The predicted molar refractivity (Wildman–Crippen MR) is 250 cm³/mol. The summed E-state index contributed by atoms with van der Waals surface area (Å²) < 4.78 is 33.9. The van der Waals surface area contributed by atoms with Gasteiger partial charge >= 0.3 is 11.9 Å². The van der Waals surface area contributed by atoms with Gasteiger partial charge in [-0.2, -0.15) is 0 Å². The lowest BCUT2D eigenvalue weighted by molar-refractivity contribution is -0.870. The van der Waals surface area contributed by atoms with Crippen molar-refractivity contribution in [1.82, 2.24) is 0 Å². The van der Waals surface area contributed by atoms with E-state index in [1.54, 1.807) is 0 Å². The molecule has 9 nitrogen and oxygen atoms in total. The van der Waals surface area contributed by atoms with Gasteiger partial charge in [0.25, 0.3) is 7.82 Å². The van der Waals surface area contributed by atoms with Gasteiger partial charge < -0.3 is 27.9 Å². The molecule has 0 saturated carbocycles. The molecule has 0 aromatic heterocycles. The fourth-order valence-corrected chi connectivity index (χ4v) is 7.07. The van der Waals surface area contributed by atoms with Crippen LogP contribution >= 0.6 is 7.82 Å². The molecule has 10 heteroatoms. The number of ether oxygens (including phenoxy) is 2. The van der Waals surface area contributed by atoms with Gasteiger partial charge in [-0.25, -0.2) is 0 Å². The van der Waals surface area contributed by atoms with Gasteiger partial charge in [0.15, 0.2) is 6.10 Å². The molecule has 0 radical (unpaired) electrons. The highest BCUT2D eigenvalue weighted by Gasteiger charge is 2.21. The molecule has 0 aliphatic rings. The van der Waals surface area contributed by atoms with Crippen molar-refractivity contribution in [3.8, 4) is 0 Å². The first-order chi connectivity index (χ1) is 29.0. The summed E-state index contributed by atoms with van der Waals surface area (Å²) in [4.78, 5) is 37.6. The van der Waals surface area contributed by atoms with E-state index in [0.717, 1.165) is 57.8 Å². The van der Waals surface area contributed by atoms with E-state index >= 15 is 0 Å². The third-order valence-electron chi connectivity index (χ3n) is 10.1. The molecule has 60 heavy (non-hydrogen) atoms. The highest BCUT2D eigenvalue weighted by Crippen LogP contribution is 2.38. The molecule has 0 aromatic carbocycles. The normalized spacial score (nSPS) is 14.0. The van der Waals surface area contributed by atoms with Crippen LogP contribution in [-0.4, -0.2) is 70.0 Å². The number of unbranched alkanes of at least 4 members (excludes halogenated alkanes) is 19. The lowest BCUT2D eigenvalue weighted by atomic mass is 10.0. The number of phosphoric acid groups is 1. The van der Waals surface area contributed by atoms with Crippen LogP contribution in [-0.2, 0) is 32.7 Å². The molecule has 0 rings (SSSR count). The average molecular weight is 864 g/mol. The summed E-state index contributed by atoms with van der Waals surface area (Å²) in [6, 6.07) is 0. The molecule has 0 amide bonds. The number of allylic oxidation sites excluding steroid dienone is 10. The molecular weight excluding hydrogens is 774 g/mol. The van der Waals surface area contributed by atoms with Crippen LogP contribution < -0.4 is 4.89 Å². The van der Waals surface area contributed by atoms with Crippen LogP contribution in [0.15, 0.2) is 60.8 Å². The Morgan fingerprint density at radius 2 is 0.950 bits per heavy atom. The van der Waals surface area contributed by atoms with Gasteiger partial charge in [0.1, 0.15) is 19.8 Å². The number of likely N-dealkylation sites (N-methyl/N-ethyl adjacent to an activating group) is 1. The molecule has 0 spiro atoms. The Bertz CT molecular complexity index is 1210. The summed E-state index contributed by atoms with van der Waals surface area (Å²) in [5.74, 6) is -0.900. The summed E-state index contributed by atoms with van der Waals surface area (Å²) in [6.45, 7) is 4.06. The second-order valence-corrected chi connectivity index (χ2v) is 18.5. The number of rotatable bonds is 43. The average Bonchev–Trinajstić information content (AvgIpc) is 3.20. The van der Waals surface area contributed by atoms with Crippen LogP contribution in [0.25, 0.3) is 0 Å². The number of hydrogen-bond donors (Lipinski definition) is 0. The van der Waals surface area contributed by atoms with Gasteiger partial charge in [-0.3, -0.25) is 14.2 Å². The fraction of sp³-hybridized carbons (Fsp3) is 0.760. The smallest absolute Gasteiger partial charge is 0.306 e. The fourth-order valence-electron chi connectivity index (χ4n) is 6.34. The maximum absolute atomic E-state index is 12.7. The number of quaternary nitrogens is 1. The number of hydrogen-bond acceptors (Lipinski definition) is 8. The molecule has 1 unspecified atom stereocenters. The van der Waals surface area contributed by atoms with Gasteiger partial charge in [-0.15, -0.1) is 0 Å². The van der Waals surface area contributed by atoms with Crippen LogP contribution in [0.1, 0.15) is 194 Å². The second-order valence-electron chi connectivity index (χ2n) is 17.1. The Morgan fingerprint density at radius 3 is 1.40 bits per heavy atom. The third kappa shape index (κ3) is 45.2. The van der Waals surface area contributed by atoms with Gasteiger partial charge in [0, 0.05) is 12.8 Å². The summed E-state index contributed by atoms with van der Waals surface area (Å²) in [6.07, 6.45) is 51.1. The van der Waals surface area contributed by atoms with Crippen molar-refractivity contribution in [2.45, 2.75) is 200 Å². The zero-order chi connectivity index (χ0) is 44.3. The molecule has 348 valence electrons. The quantitative estimate of drug-likeness (QED) is 0.0196. The standard InChI is InChI=1S/C50H90NO8P/c1-6-8-10-12-14-16-18-20-22-24-25-27-29-31-33-35-37-39-41-43-50(53)59-48(47-58-60(54,55)57-45-44-51(3,4)5)46-56-49(52)42-40-38-36-34-32-30-28-26-23-21-19-17-15-13-11-9-7-2/h9,11,15,17,21,23,28,30,34,36,48H,6-8,10,12-14,16,18-20,22,24-27,29,31-33,35,37-47H2,1-5H3/b11-9-,17-15-,23-21-,30-28-,36-34-/t48-/m1/s1. The maximum atomic E-state index is 12.7. The molecule has 0 bridgehead atoms. The van der Waals surface area contributed by atoms with E-state index < -0.39 is 32.5 Å². The van der Waals surface area contributed by atoms with Crippen molar-refractivity contribution >= 4 is 19.8 Å². The highest BCUT2D eigenvalue weighted by molar-refractivity contribution is 7.45.